The van der Waals surface area contributed by atoms with Gasteiger partial charge in [-0.05, 0) is 55.4 Å². The second-order valence-corrected chi connectivity index (χ2v) is 5.87. The van der Waals surface area contributed by atoms with E-state index >= 15 is 0 Å². The number of aryl methyl sites for hydroxylation is 2. The fraction of sp³-hybridized carbons (Fsp3) is 0.333. The third-order valence-electron chi connectivity index (χ3n) is 4.26. The fourth-order valence-corrected chi connectivity index (χ4v) is 2.97. The highest BCUT2D eigenvalue weighted by Crippen LogP contribution is 2.24. The minimum atomic E-state index is -0.269. The van der Waals surface area contributed by atoms with Crippen LogP contribution in [-0.2, 0) is 12.8 Å². The molecule has 1 heterocycles. The molecule has 0 spiro atoms. The number of aromatic amines is 1. The fourth-order valence-electron chi connectivity index (χ4n) is 2.97. The molecule has 22 heavy (non-hydrogen) atoms. The second-order valence-electron chi connectivity index (χ2n) is 5.87. The van der Waals surface area contributed by atoms with Crippen molar-refractivity contribution >= 4 is 5.91 Å². The van der Waals surface area contributed by atoms with Gasteiger partial charge >= 0.3 is 0 Å². The Morgan fingerprint density at radius 2 is 1.91 bits per heavy atom. The molecule has 1 aliphatic rings. The Labute approximate surface area is 129 Å². The average molecular weight is 296 g/mol. The highest BCUT2D eigenvalue weighted by Gasteiger charge is 2.15. The Balaban J connectivity index is 1.75. The molecule has 2 aromatic rings. The summed E-state index contributed by atoms with van der Waals surface area (Å²) in [4.78, 5) is 26.0. The van der Waals surface area contributed by atoms with Crippen molar-refractivity contribution in [3.8, 4) is 0 Å². The molecule has 1 aliphatic carbocycles. The maximum atomic E-state index is 12.2. The summed E-state index contributed by atoms with van der Waals surface area (Å²) in [6, 6.07) is 9.31. The Hall–Kier alpha value is -2.36. The summed E-state index contributed by atoms with van der Waals surface area (Å²) >= 11 is 0. The van der Waals surface area contributed by atoms with E-state index in [-0.39, 0.29) is 17.5 Å². The third kappa shape index (κ3) is 3.11. The van der Waals surface area contributed by atoms with Crippen molar-refractivity contribution in [3.63, 3.8) is 0 Å². The first kappa shape index (κ1) is 14.6. The smallest absolute Gasteiger partial charge is 0.252 e. The molecule has 4 nitrogen and oxygen atoms in total. The summed E-state index contributed by atoms with van der Waals surface area (Å²) < 4.78 is 0. The zero-order valence-electron chi connectivity index (χ0n) is 12.7. The Kier molecular flexibility index (Phi) is 4.09. The van der Waals surface area contributed by atoms with Crippen LogP contribution in [0.2, 0.25) is 0 Å². The summed E-state index contributed by atoms with van der Waals surface area (Å²) in [5, 5.41) is 2.95. The van der Waals surface area contributed by atoms with Gasteiger partial charge in [-0.3, -0.25) is 9.59 Å². The van der Waals surface area contributed by atoms with E-state index < -0.39 is 0 Å². The molecule has 2 N–H and O–H groups in total. The van der Waals surface area contributed by atoms with Gasteiger partial charge in [-0.2, -0.15) is 0 Å². The molecule has 1 aromatic heterocycles. The number of aromatic nitrogens is 1. The lowest BCUT2D eigenvalue weighted by molar-refractivity contribution is 0.0939. The number of fused-ring (bicyclic) bond motifs is 1. The normalized spacial score (nSPS) is 15.0. The molecule has 0 radical (unpaired) electrons. The molecule has 1 unspecified atom stereocenters. The number of H-pyrrole nitrogens is 1. The lowest BCUT2D eigenvalue weighted by Gasteiger charge is -2.20. The Morgan fingerprint density at radius 1 is 1.14 bits per heavy atom. The maximum absolute atomic E-state index is 12.2. The molecule has 3 rings (SSSR count). The van der Waals surface area contributed by atoms with E-state index in [1.807, 2.05) is 6.92 Å². The number of carbonyl (C=O) groups excluding carboxylic acids is 1. The quantitative estimate of drug-likeness (QED) is 0.915. The number of rotatable bonds is 3. The summed E-state index contributed by atoms with van der Waals surface area (Å²) in [5.41, 5.74) is 4.06. The minimum Gasteiger partial charge on any atom is -0.346 e. The third-order valence-corrected chi connectivity index (χ3v) is 4.26. The van der Waals surface area contributed by atoms with E-state index in [4.69, 9.17) is 0 Å². The lowest BCUT2D eigenvalue weighted by atomic mass is 9.89. The SMILES string of the molecule is CC(NC(=O)c1cc[nH]c(=O)c1)c1ccc2c(c1)CCCC2. The van der Waals surface area contributed by atoms with Gasteiger partial charge < -0.3 is 10.3 Å². The standard InChI is InChI=1S/C18H20N2O2/c1-12(20-18(22)16-8-9-19-17(21)11-16)14-7-6-13-4-2-3-5-15(13)10-14/h6-12H,2-5H2,1H3,(H,19,21)(H,20,22). The largest absolute Gasteiger partial charge is 0.346 e. The lowest BCUT2D eigenvalue weighted by Crippen LogP contribution is -2.27. The molecule has 0 saturated carbocycles. The zero-order valence-corrected chi connectivity index (χ0v) is 12.7. The van der Waals surface area contributed by atoms with Gasteiger partial charge in [0.05, 0.1) is 6.04 Å². The predicted octanol–water partition coefficient (Wildman–Crippen LogP) is 2.74. The molecule has 0 aliphatic heterocycles. The van der Waals surface area contributed by atoms with E-state index in [0.29, 0.717) is 5.56 Å². The number of pyridine rings is 1. The number of benzene rings is 1. The van der Waals surface area contributed by atoms with Crippen LogP contribution in [0.1, 0.15) is 52.9 Å². The molecule has 0 fully saturated rings. The summed E-state index contributed by atoms with van der Waals surface area (Å²) in [6.45, 7) is 1.97. The van der Waals surface area contributed by atoms with Crippen molar-refractivity contribution in [2.45, 2.75) is 38.6 Å². The molecule has 114 valence electrons. The van der Waals surface area contributed by atoms with Gasteiger partial charge in [0.25, 0.3) is 5.91 Å². The van der Waals surface area contributed by atoms with Crippen LogP contribution >= 0.6 is 0 Å². The van der Waals surface area contributed by atoms with Crippen molar-refractivity contribution in [1.82, 2.24) is 10.3 Å². The van der Waals surface area contributed by atoms with Gasteiger partial charge in [-0.25, -0.2) is 0 Å². The molecular formula is C18H20N2O2. The van der Waals surface area contributed by atoms with Gasteiger partial charge in [0, 0.05) is 17.8 Å². The predicted molar refractivity (Wildman–Crippen MR) is 86.0 cm³/mol. The van der Waals surface area contributed by atoms with Gasteiger partial charge in [-0.15, -0.1) is 0 Å². The summed E-state index contributed by atoms with van der Waals surface area (Å²) in [7, 11) is 0. The highest BCUT2D eigenvalue weighted by molar-refractivity contribution is 5.94. The summed E-state index contributed by atoms with van der Waals surface area (Å²) in [6.07, 6.45) is 6.27. The first-order valence-corrected chi connectivity index (χ1v) is 7.75. The number of hydrogen-bond acceptors (Lipinski definition) is 2. The van der Waals surface area contributed by atoms with Crippen molar-refractivity contribution in [1.29, 1.82) is 0 Å². The van der Waals surface area contributed by atoms with Crippen LogP contribution in [0.25, 0.3) is 0 Å². The molecule has 1 amide bonds. The van der Waals surface area contributed by atoms with E-state index in [1.54, 1.807) is 6.07 Å². The summed E-state index contributed by atoms with van der Waals surface area (Å²) in [5.74, 6) is -0.226. The molecule has 1 aromatic carbocycles. The topological polar surface area (TPSA) is 62.0 Å². The van der Waals surface area contributed by atoms with Gasteiger partial charge in [0.1, 0.15) is 0 Å². The number of hydrogen-bond donors (Lipinski definition) is 2. The average Bonchev–Trinajstić information content (AvgIpc) is 2.54. The van der Waals surface area contributed by atoms with Crippen LogP contribution in [0.5, 0.6) is 0 Å². The van der Waals surface area contributed by atoms with Gasteiger partial charge in [-0.1, -0.05) is 18.2 Å². The second kappa shape index (κ2) is 6.18. The Bertz CT molecular complexity index is 749. The van der Waals surface area contributed by atoms with E-state index in [2.05, 4.69) is 28.5 Å². The van der Waals surface area contributed by atoms with Gasteiger partial charge in [0.2, 0.25) is 5.56 Å². The van der Waals surface area contributed by atoms with Crippen molar-refractivity contribution in [2.24, 2.45) is 0 Å². The molecule has 0 bridgehead atoms. The zero-order chi connectivity index (χ0) is 15.5. The Morgan fingerprint density at radius 3 is 2.68 bits per heavy atom. The van der Waals surface area contributed by atoms with E-state index in [9.17, 15) is 9.59 Å². The highest BCUT2D eigenvalue weighted by atomic mass is 16.2. The van der Waals surface area contributed by atoms with Crippen LogP contribution in [0.4, 0.5) is 0 Å². The minimum absolute atomic E-state index is 0.0842. The van der Waals surface area contributed by atoms with Crippen LogP contribution in [0.3, 0.4) is 0 Å². The number of nitrogens with one attached hydrogen (secondary N) is 2. The van der Waals surface area contributed by atoms with E-state index in [1.165, 1.54) is 36.2 Å². The van der Waals surface area contributed by atoms with Crippen molar-refractivity contribution in [2.75, 3.05) is 0 Å². The maximum Gasteiger partial charge on any atom is 0.252 e. The molecular weight excluding hydrogens is 276 g/mol. The van der Waals surface area contributed by atoms with Crippen molar-refractivity contribution in [3.05, 3.63) is 69.1 Å². The number of carbonyl (C=O) groups is 1. The van der Waals surface area contributed by atoms with Crippen LogP contribution < -0.4 is 10.9 Å². The van der Waals surface area contributed by atoms with Gasteiger partial charge in [0.15, 0.2) is 0 Å². The van der Waals surface area contributed by atoms with Crippen LogP contribution in [-0.4, -0.2) is 10.9 Å². The molecule has 4 heteroatoms. The van der Waals surface area contributed by atoms with Crippen molar-refractivity contribution < 1.29 is 4.79 Å². The van der Waals surface area contributed by atoms with Crippen LogP contribution in [0.15, 0.2) is 41.3 Å². The number of amides is 1. The first-order chi connectivity index (χ1) is 10.6. The molecule has 1 atom stereocenters. The first-order valence-electron chi connectivity index (χ1n) is 7.75. The monoisotopic (exact) mass is 296 g/mol. The molecule has 0 saturated heterocycles. The van der Waals surface area contributed by atoms with E-state index in [0.717, 1.165) is 18.4 Å². The van der Waals surface area contributed by atoms with Crippen LogP contribution in [0, 0.1) is 0 Å².